The molecule has 1 atom stereocenters. The first kappa shape index (κ1) is 16.3. The molecular weight excluding hydrogens is 334 g/mol. The van der Waals surface area contributed by atoms with Crippen molar-refractivity contribution in [3.63, 3.8) is 0 Å². The molecule has 1 saturated heterocycles. The number of ether oxygens (including phenoxy) is 1. The average molecular weight is 356 g/mol. The van der Waals surface area contributed by atoms with Crippen molar-refractivity contribution in [2.45, 2.75) is 33.3 Å². The van der Waals surface area contributed by atoms with Crippen LogP contribution in [0.5, 0.6) is 5.75 Å². The second-order valence-electron chi connectivity index (χ2n) is 6.25. The maximum Gasteiger partial charge on any atom is 0.257 e. The Hall–Kier alpha value is -1.07. The third kappa shape index (κ3) is 3.77. The van der Waals surface area contributed by atoms with E-state index in [9.17, 15) is 9.90 Å². The summed E-state index contributed by atoms with van der Waals surface area (Å²) in [6.45, 7) is 7.24. The van der Waals surface area contributed by atoms with E-state index in [0.29, 0.717) is 24.4 Å². The molecule has 0 radical (unpaired) electrons. The first-order valence-corrected chi connectivity index (χ1v) is 8.00. The number of likely N-dealkylation sites (tertiary alicyclic amines) is 1. The molecule has 0 saturated carbocycles. The molecule has 1 heterocycles. The smallest absolute Gasteiger partial charge is 0.257 e. The number of aliphatic hydroxyl groups excluding tert-OH is 1. The van der Waals surface area contributed by atoms with E-state index >= 15 is 0 Å². The van der Waals surface area contributed by atoms with Gasteiger partial charge in [0.15, 0.2) is 0 Å². The Morgan fingerprint density at radius 2 is 2.24 bits per heavy atom. The van der Waals surface area contributed by atoms with Crippen LogP contribution in [0, 0.1) is 5.41 Å². The van der Waals surface area contributed by atoms with Crippen molar-refractivity contribution in [2.24, 2.45) is 5.41 Å². The maximum atomic E-state index is 12.7. The number of benzene rings is 1. The van der Waals surface area contributed by atoms with E-state index in [1.165, 1.54) is 0 Å². The molecule has 0 unspecified atom stereocenters. The summed E-state index contributed by atoms with van der Waals surface area (Å²) in [5.41, 5.74) is 0.387. The zero-order chi connectivity index (χ0) is 15.6. The monoisotopic (exact) mass is 355 g/mol. The summed E-state index contributed by atoms with van der Waals surface area (Å²) in [5, 5.41) is 9.44. The van der Waals surface area contributed by atoms with Crippen molar-refractivity contribution in [1.82, 2.24) is 4.90 Å². The second kappa shape index (κ2) is 6.36. The van der Waals surface area contributed by atoms with Crippen LogP contribution in [0.4, 0.5) is 0 Å². The van der Waals surface area contributed by atoms with Crippen LogP contribution in [0.3, 0.4) is 0 Å². The van der Waals surface area contributed by atoms with Crippen LogP contribution in [0.25, 0.3) is 0 Å². The molecule has 1 N–H and O–H groups in total. The summed E-state index contributed by atoms with van der Waals surface area (Å²) in [7, 11) is 0. The van der Waals surface area contributed by atoms with Gasteiger partial charge in [-0.05, 0) is 38.5 Å². The number of carbonyl (C=O) groups is 1. The summed E-state index contributed by atoms with van der Waals surface area (Å²) in [5.74, 6) is 0.567. The molecule has 4 nitrogen and oxygen atoms in total. The van der Waals surface area contributed by atoms with Crippen molar-refractivity contribution >= 4 is 21.8 Å². The Kier molecular flexibility index (Phi) is 4.94. The molecule has 1 aliphatic heterocycles. The summed E-state index contributed by atoms with van der Waals surface area (Å²) in [4.78, 5) is 14.5. The Balaban J connectivity index is 2.23. The Morgan fingerprint density at radius 3 is 2.81 bits per heavy atom. The molecule has 116 valence electrons. The third-order valence-corrected chi connectivity index (χ3v) is 4.26. The van der Waals surface area contributed by atoms with Gasteiger partial charge in [0.2, 0.25) is 0 Å². The van der Waals surface area contributed by atoms with Gasteiger partial charge in [-0.2, -0.15) is 0 Å². The van der Waals surface area contributed by atoms with Gasteiger partial charge in [0.05, 0.1) is 18.3 Å². The topological polar surface area (TPSA) is 49.8 Å². The van der Waals surface area contributed by atoms with Crippen LogP contribution in [-0.4, -0.2) is 41.7 Å². The van der Waals surface area contributed by atoms with Crippen molar-refractivity contribution in [3.8, 4) is 5.75 Å². The predicted octanol–water partition coefficient (Wildman–Crippen LogP) is 3.08. The van der Waals surface area contributed by atoms with Crippen molar-refractivity contribution in [2.75, 3.05) is 19.7 Å². The van der Waals surface area contributed by atoms with E-state index in [-0.39, 0.29) is 24.0 Å². The Bertz CT molecular complexity index is 532. The fraction of sp³-hybridized carbons (Fsp3) is 0.562. The minimum absolute atomic E-state index is 0.00661. The summed E-state index contributed by atoms with van der Waals surface area (Å²) in [6.07, 6.45) is 0.832. The van der Waals surface area contributed by atoms with Gasteiger partial charge in [-0.15, -0.1) is 0 Å². The quantitative estimate of drug-likeness (QED) is 0.902. The molecule has 0 aliphatic carbocycles. The molecule has 1 aromatic rings. The third-order valence-electron chi connectivity index (χ3n) is 3.76. The van der Waals surface area contributed by atoms with E-state index in [4.69, 9.17) is 4.74 Å². The minimum atomic E-state index is -0.190. The van der Waals surface area contributed by atoms with Gasteiger partial charge >= 0.3 is 0 Å². The SMILES string of the molecule is CC(C)Oc1cc(Br)ccc1C(=O)N1CC[C@@](C)(CO)C1. The van der Waals surface area contributed by atoms with E-state index in [0.717, 1.165) is 10.9 Å². The summed E-state index contributed by atoms with van der Waals surface area (Å²) < 4.78 is 6.64. The van der Waals surface area contributed by atoms with Gasteiger partial charge in [0.25, 0.3) is 5.91 Å². The number of hydrogen-bond donors (Lipinski definition) is 1. The number of hydrogen-bond acceptors (Lipinski definition) is 3. The highest BCUT2D eigenvalue weighted by Crippen LogP contribution is 2.32. The predicted molar refractivity (Wildman–Crippen MR) is 85.6 cm³/mol. The van der Waals surface area contributed by atoms with Gasteiger partial charge in [0, 0.05) is 23.0 Å². The first-order valence-electron chi connectivity index (χ1n) is 7.21. The lowest BCUT2D eigenvalue weighted by atomic mass is 9.91. The Morgan fingerprint density at radius 1 is 1.52 bits per heavy atom. The standard InChI is InChI=1S/C16H22BrNO3/c1-11(2)21-14-8-12(17)4-5-13(14)15(20)18-7-6-16(3,9-18)10-19/h4-5,8,11,19H,6-7,9-10H2,1-3H3/t16-/m1/s1. The number of nitrogens with zero attached hydrogens (tertiary/aromatic N) is 1. The lowest BCUT2D eigenvalue weighted by Gasteiger charge is -2.23. The highest BCUT2D eigenvalue weighted by atomic mass is 79.9. The van der Waals surface area contributed by atoms with E-state index < -0.39 is 0 Å². The maximum absolute atomic E-state index is 12.7. The number of rotatable bonds is 4. The average Bonchev–Trinajstić information content (AvgIpc) is 2.81. The molecular formula is C16H22BrNO3. The van der Waals surface area contributed by atoms with Crippen LogP contribution >= 0.6 is 15.9 Å². The van der Waals surface area contributed by atoms with Gasteiger partial charge < -0.3 is 14.7 Å². The minimum Gasteiger partial charge on any atom is -0.490 e. The van der Waals surface area contributed by atoms with Gasteiger partial charge in [-0.1, -0.05) is 22.9 Å². The number of carbonyl (C=O) groups excluding carboxylic acids is 1. The van der Waals surface area contributed by atoms with E-state index in [1.807, 2.05) is 32.9 Å². The van der Waals surface area contributed by atoms with Crippen LogP contribution in [0.15, 0.2) is 22.7 Å². The molecule has 0 aromatic heterocycles. The van der Waals surface area contributed by atoms with Crippen molar-refractivity contribution in [3.05, 3.63) is 28.2 Å². The van der Waals surface area contributed by atoms with Crippen LogP contribution < -0.4 is 4.74 Å². The second-order valence-corrected chi connectivity index (χ2v) is 7.17. The molecule has 1 aromatic carbocycles. The summed E-state index contributed by atoms with van der Waals surface area (Å²) in [6, 6.07) is 5.47. The highest BCUT2D eigenvalue weighted by molar-refractivity contribution is 9.10. The van der Waals surface area contributed by atoms with Gasteiger partial charge in [-0.25, -0.2) is 0 Å². The van der Waals surface area contributed by atoms with Crippen LogP contribution in [-0.2, 0) is 0 Å². The fourth-order valence-corrected chi connectivity index (χ4v) is 2.86. The normalized spacial score (nSPS) is 21.9. The van der Waals surface area contributed by atoms with Crippen molar-refractivity contribution < 1.29 is 14.6 Å². The van der Waals surface area contributed by atoms with Crippen molar-refractivity contribution in [1.29, 1.82) is 0 Å². The highest BCUT2D eigenvalue weighted by Gasteiger charge is 2.36. The van der Waals surface area contributed by atoms with E-state index in [2.05, 4.69) is 15.9 Å². The van der Waals surface area contributed by atoms with Gasteiger partial charge in [-0.3, -0.25) is 4.79 Å². The number of aliphatic hydroxyl groups is 1. The largest absolute Gasteiger partial charge is 0.490 e. The van der Waals surface area contributed by atoms with Gasteiger partial charge in [0.1, 0.15) is 5.75 Å². The molecule has 1 fully saturated rings. The molecule has 0 bridgehead atoms. The van der Waals surface area contributed by atoms with Crippen LogP contribution in [0.1, 0.15) is 37.6 Å². The zero-order valence-corrected chi connectivity index (χ0v) is 14.3. The molecule has 0 spiro atoms. The fourth-order valence-electron chi connectivity index (χ4n) is 2.52. The van der Waals surface area contributed by atoms with E-state index in [1.54, 1.807) is 11.0 Å². The molecule has 1 amide bonds. The molecule has 2 rings (SSSR count). The summed E-state index contributed by atoms with van der Waals surface area (Å²) >= 11 is 3.41. The molecule has 21 heavy (non-hydrogen) atoms. The lowest BCUT2D eigenvalue weighted by molar-refractivity contribution is 0.0747. The number of halogens is 1. The first-order chi connectivity index (χ1) is 9.84. The Labute approximate surface area is 134 Å². The van der Waals surface area contributed by atoms with Crippen LogP contribution in [0.2, 0.25) is 0 Å². The molecule has 1 aliphatic rings. The number of amides is 1. The molecule has 5 heteroatoms. The zero-order valence-electron chi connectivity index (χ0n) is 12.7. The lowest BCUT2D eigenvalue weighted by Crippen LogP contribution is -2.32.